The number of fused-ring (bicyclic) bond motifs is 1. The van der Waals surface area contributed by atoms with Crippen LogP contribution in [-0.4, -0.2) is 9.73 Å². The van der Waals surface area contributed by atoms with Crippen molar-refractivity contribution in [2.45, 2.75) is 40.0 Å². The van der Waals surface area contributed by atoms with Crippen LogP contribution in [-0.2, 0) is 24.8 Å². The van der Waals surface area contributed by atoms with E-state index in [-0.39, 0.29) is 5.41 Å². The summed E-state index contributed by atoms with van der Waals surface area (Å²) in [5.41, 5.74) is 2.31. The molecule has 0 atom stereocenters. The van der Waals surface area contributed by atoms with Crippen LogP contribution in [0, 0.1) is 6.26 Å². The molecule has 2 nitrogen and oxygen atoms in total. The fraction of sp³-hybridized carbons (Fsp3) is 0.300. The number of nitrogens with zero attached hydrogens (tertiary/aromatic N) is 1. The summed E-state index contributed by atoms with van der Waals surface area (Å²) >= 11 is 1.37. The third-order valence-electron chi connectivity index (χ3n) is 3.46. The quantitative estimate of drug-likeness (QED) is 0.346. The van der Waals surface area contributed by atoms with Crippen molar-refractivity contribution >= 4 is 20.5 Å². The molecule has 0 amide bonds. The average Bonchev–Trinajstić information content (AvgIpc) is 2.45. The fourth-order valence-corrected chi connectivity index (χ4v) is 2.99. The van der Waals surface area contributed by atoms with Gasteiger partial charge in [0.2, 0.25) is 0 Å². The number of rotatable bonds is 4. The summed E-state index contributed by atoms with van der Waals surface area (Å²) in [6.07, 6.45) is 4.67. The number of hydrogen-bond donors (Lipinski definition) is 0. The van der Waals surface area contributed by atoms with Crippen LogP contribution in [0.3, 0.4) is 0 Å². The van der Waals surface area contributed by atoms with E-state index in [9.17, 15) is 0 Å². The van der Waals surface area contributed by atoms with E-state index in [4.69, 9.17) is 4.74 Å². The standard InChI is InChI=1S/C20H22NO.W/c1-6-21-15(2)13-14-22-19-12-11-18(20(3,4)5)16-9-7-8-10-17(16)19;/h7-13H,1-5H3;/q-1;. The van der Waals surface area contributed by atoms with Gasteiger partial charge in [0.05, 0.1) is 0 Å². The Bertz CT molecular complexity index is 782. The molecule has 0 aliphatic carbocycles. The monoisotopic (exact) mass is 476 g/mol. The third-order valence-corrected chi connectivity index (χ3v) is 3.79. The molecule has 120 valence electrons. The Morgan fingerprint density at radius 2 is 1.74 bits per heavy atom. The molecule has 2 rings (SSSR count). The number of allylic oxidation sites excluding steroid dienone is 1. The molecule has 0 saturated carbocycles. The molecule has 0 heterocycles. The molecule has 0 radical (unpaired) electrons. The summed E-state index contributed by atoms with van der Waals surface area (Å²) in [6.45, 7) is 10.6. The van der Waals surface area contributed by atoms with E-state index in [2.05, 4.69) is 56.3 Å². The second kappa shape index (κ2) is 7.36. The van der Waals surface area contributed by atoms with Crippen molar-refractivity contribution in [3.8, 4) is 5.75 Å². The zero-order valence-electron chi connectivity index (χ0n) is 14.3. The van der Waals surface area contributed by atoms with Gasteiger partial charge in [0, 0.05) is 0 Å². The predicted octanol–water partition coefficient (Wildman–Crippen LogP) is 4.99. The SMILES string of the molecule is C[C](=[W])N=C(C)C=[C-]Oc1ccc(C(C)(C)C)c2ccccc12. The van der Waals surface area contributed by atoms with Crippen molar-refractivity contribution < 1.29 is 24.1 Å². The van der Waals surface area contributed by atoms with Crippen LogP contribution in [0.4, 0.5) is 0 Å². The molecule has 0 spiro atoms. The Kier molecular flexibility index (Phi) is 5.70. The van der Waals surface area contributed by atoms with Gasteiger partial charge in [-0.25, -0.2) is 0 Å². The summed E-state index contributed by atoms with van der Waals surface area (Å²) in [4.78, 5) is 4.39. The predicted molar refractivity (Wildman–Crippen MR) is 94.9 cm³/mol. The summed E-state index contributed by atoms with van der Waals surface area (Å²) < 4.78 is 6.85. The van der Waals surface area contributed by atoms with Gasteiger partial charge in [-0.2, -0.15) is 0 Å². The third kappa shape index (κ3) is 4.72. The molecule has 23 heavy (non-hydrogen) atoms. The maximum absolute atomic E-state index is 5.75. The van der Waals surface area contributed by atoms with Crippen molar-refractivity contribution in [3.05, 3.63) is 54.3 Å². The van der Waals surface area contributed by atoms with Gasteiger partial charge >= 0.3 is 150 Å². The van der Waals surface area contributed by atoms with Crippen LogP contribution >= 0.6 is 0 Å². The van der Waals surface area contributed by atoms with Gasteiger partial charge in [0.1, 0.15) is 0 Å². The van der Waals surface area contributed by atoms with Gasteiger partial charge in [-0.15, -0.1) is 0 Å². The van der Waals surface area contributed by atoms with Crippen LogP contribution in [0.2, 0.25) is 0 Å². The first-order valence-corrected chi connectivity index (χ1v) is 9.09. The Morgan fingerprint density at radius 3 is 2.35 bits per heavy atom. The van der Waals surface area contributed by atoms with Crippen molar-refractivity contribution in [2.24, 2.45) is 4.99 Å². The Balaban J connectivity index is 2.37. The van der Waals surface area contributed by atoms with Gasteiger partial charge in [0.25, 0.3) is 0 Å². The zero-order valence-corrected chi connectivity index (χ0v) is 17.2. The van der Waals surface area contributed by atoms with E-state index in [1.807, 2.05) is 26.0 Å². The van der Waals surface area contributed by atoms with E-state index in [0.717, 1.165) is 20.9 Å². The Morgan fingerprint density at radius 1 is 1.09 bits per heavy atom. The number of aliphatic imine (C=N–C) groups is 1. The Hall–Kier alpha value is -1.53. The van der Waals surface area contributed by atoms with Crippen molar-refractivity contribution in [2.75, 3.05) is 0 Å². The first-order chi connectivity index (χ1) is 10.8. The van der Waals surface area contributed by atoms with E-state index < -0.39 is 0 Å². The molecule has 0 unspecified atom stereocenters. The summed E-state index contributed by atoms with van der Waals surface area (Å²) in [5, 5.41) is 2.34. The normalized spacial score (nSPS) is 12.8. The van der Waals surface area contributed by atoms with Crippen LogP contribution < -0.4 is 4.74 Å². The topological polar surface area (TPSA) is 21.6 Å². The molecular weight excluding hydrogens is 454 g/mol. The molecule has 3 heteroatoms. The molecule has 0 saturated heterocycles. The van der Waals surface area contributed by atoms with Crippen molar-refractivity contribution in [1.29, 1.82) is 0 Å². The zero-order chi connectivity index (χ0) is 17.0. The summed E-state index contributed by atoms with van der Waals surface area (Å²) in [6, 6.07) is 12.5. The van der Waals surface area contributed by atoms with Crippen LogP contribution in [0.25, 0.3) is 10.8 Å². The van der Waals surface area contributed by atoms with Crippen LogP contribution in [0.5, 0.6) is 5.75 Å². The van der Waals surface area contributed by atoms with Crippen molar-refractivity contribution in [1.82, 2.24) is 0 Å². The van der Waals surface area contributed by atoms with Gasteiger partial charge in [-0.05, 0) is 0 Å². The molecule has 0 N–H and O–H groups in total. The number of hydrogen-bond acceptors (Lipinski definition) is 2. The molecule has 2 aromatic carbocycles. The van der Waals surface area contributed by atoms with Gasteiger partial charge < -0.3 is 0 Å². The van der Waals surface area contributed by atoms with Crippen LogP contribution in [0.1, 0.15) is 40.2 Å². The van der Waals surface area contributed by atoms with Gasteiger partial charge in [0.15, 0.2) is 0 Å². The maximum atomic E-state index is 5.75. The van der Waals surface area contributed by atoms with Crippen molar-refractivity contribution in [3.63, 3.8) is 0 Å². The molecular formula is C20H22NOW-. The molecule has 2 aromatic rings. The number of benzene rings is 2. The summed E-state index contributed by atoms with van der Waals surface area (Å²) in [7, 11) is 0. The fourth-order valence-electron chi connectivity index (χ4n) is 2.47. The Labute approximate surface area is 149 Å². The van der Waals surface area contributed by atoms with E-state index in [1.165, 1.54) is 30.3 Å². The van der Waals surface area contributed by atoms with E-state index in [0.29, 0.717) is 0 Å². The molecule has 0 aliphatic rings. The van der Waals surface area contributed by atoms with E-state index >= 15 is 0 Å². The second-order valence-corrected chi connectivity index (χ2v) is 8.67. The molecule has 0 aromatic heterocycles. The van der Waals surface area contributed by atoms with Crippen LogP contribution in [0.15, 0.2) is 47.5 Å². The minimum absolute atomic E-state index is 0.0950. The van der Waals surface area contributed by atoms with Gasteiger partial charge in [-0.1, -0.05) is 0 Å². The number of ether oxygens (including phenoxy) is 1. The molecule has 0 aliphatic heterocycles. The average molecular weight is 476 g/mol. The second-order valence-electron chi connectivity index (χ2n) is 6.54. The molecule has 0 bridgehead atoms. The molecule has 0 fully saturated rings. The van der Waals surface area contributed by atoms with Gasteiger partial charge in [-0.3, -0.25) is 0 Å². The first-order valence-electron chi connectivity index (χ1n) is 7.62. The summed E-state index contributed by atoms with van der Waals surface area (Å²) in [5.74, 6) is 0.820. The minimum atomic E-state index is 0.0950. The van der Waals surface area contributed by atoms with E-state index in [1.54, 1.807) is 6.08 Å². The first kappa shape index (κ1) is 17.8.